The quantitative estimate of drug-likeness (QED) is 0.666. The summed E-state index contributed by atoms with van der Waals surface area (Å²) in [5.41, 5.74) is 1.56. The van der Waals surface area contributed by atoms with E-state index in [1.807, 2.05) is 30.3 Å². The minimum atomic E-state index is -0.200. The summed E-state index contributed by atoms with van der Waals surface area (Å²) in [4.78, 5) is 16.4. The second kappa shape index (κ2) is 4.81. The van der Waals surface area contributed by atoms with Crippen LogP contribution in [0, 0.1) is 0 Å². The van der Waals surface area contributed by atoms with Crippen LogP contribution in [0.25, 0.3) is 5.69 Å². The Bertz CT molecular complexity index is 692. The van der Waals surface area contributed by atoms with E-state index in [0.29, 0.717) is 11.4 Å². The molecule has 19 heavy (non-hydrogen) atoms. The molecule has 0 spiro atoms. The van der Waals surface area contributed by atoms with E-state index < -0.39 is 0 Å². The van der Waals surface area contributed by atoms with Crippen molar-refractivity contribution in [2.45, 2.75) is 0 Å². The van der Waals surface area contributed by atoms with E-state index in [-0.39, 0.29) is 5.78 Å². The van der Waals surface area contributed by atoms with Gasteiger partial charge >= 0.3 is 0 Å². The van der Waals surface area contributed by atoms with Crippen LogP contribution in [0.2, 0.25) is 0 Å². The number of para-hydroxylation sites is 1. The van der Waals surface area contributed by atoms with Crippen molar-refractivity contribution in [3.8, 4) is 5.69 Å². The molecule has 5 heteroatoms. The molecule has 0 fully saturated rings. The van der Waals surface area contributed by atoms with Crippen LogP contribution in [-0.4, -0.2) is 25.8 Å². The zero-order valence-corrected chi connectivity index (χ0v) is 9.97. The Kier molecular flexibility index (Phi) is 2.86. The fourth-order valence-corrected chi connectivity index (χ4v) is 1.78. The molecule has 0 saturated heterocycles. The largest absolute Gasteiger partial charge is 0.285 e. The minimum absolute atomic E-state index is 0.200. The maximum Gasteiger partial charge on any atom is 0.231 e. The van der Waals surface area contributed by atoms with Gasteiger partial charge in [-0.25, -0.2) is 4.68 Å². The lowest BCUT2D eigenvalue weighted by Crippen LogP contribution is -2.11. The van der Waals surface area contributed by atoms with Gasteiger partial charge in [-0.2, -0.15) is 0 Å². The Balaban J connectivity index is 2.04. The lowest BCUT2D eigenvalue weighted by atomic mass is 10.2. The van der Waals surface area contributed by atoms with Gasteiger partial charge in [-0.15, -0.1) is 5.10 Å². The van der Waals surface area contributed by atoms with E-state index in [0.717, 1.165) is 5.69 Å². The maximum absolute atomic E-state index is 12.3. The third-order valence-corrected chi connectivity index (χ3v) is 2.68. The van der Waals surface area contributed by atoms with Gasteiger partial charge in [-0.3, -0.25) is 9.78 Å². The Morgan fingerprint density at radius 2 is 1.79 bits per heavy atom. The van der Waals surface area contributed by atoms with Crippen molar-refractivity contribution in [1.29, 1.82) is 0 Å². The van der Waals surface area contributed by atoms with Gasteiger partial charge in [-0.05, 0) is 24.3 Å². The van der Waals surface area contributed by atoms with Crippen LogP contribution in [0.1, 0.15) is 16.2 Å². The van der Waals surface area contributed by atoms with Gasteiger partial charge in [0.05, 0.1) is 11.9 Å². The zero-order valence-electron chi connectivity index (χ0n) is 9.97. The molecule has 0 amide bonds. The topological polar surface area (TPSA) is 60.7 Å². The molecule has 0 N–H and O–H groups in total. The number of rotatable bonds is 3. The first-order chi connectivity index (χ1) is 9.36. The molecule has 92 valence electrons. The SMILES string of the molecule is O=C(c1ccccn1)c1cnnn1-c1ccccc1. The first-order valence-corrected chi connectivity index (χ1v) is 5.78. The van der Waals surface area contributed by atoms with Crippen LogP contribution in [0.4, 0.5) is 0 Å². The summed E-state index contributed by atoms with van der Waals surface area (Å²) in [7, 11) is 0. The number of carbonyl (C=O) groups is 1. The lowest BCUT2D eigenvalue weighted by molar-refractivity contribution is 0.102. The van der Waals surface area contributed by atoms with Crippen molar-refractivity contribution in [3.63, 3.8) is 0 Å². The van der Waals surface area contributed by atoms with Crippen LogP contribution in [0.3, 0.4) is 0 Å². The second-order valence-corrected chi connectivity index (χ2v) is 3.91. The maximum atomic E-state index is 12.3. The van der Waals surface area contributed by atoms with E-state index in [9.17, 15) is 4.79 Å². The van der Waals surface area contributed by atoms with E-state index in [1.54, 1.807) is 24.4 Å². The highest BCUT2D eigenvalue weighted by Crippen LogP contribution is 2.11. The third kappa shape index (κ3) is 2.13. The van der Waals surface area contributed by atoms with Crippen LogP contribution >= 0.6 is 0 Å². The number of pyridine rings is 1. The number of nitrogens with zero attached hydrogens (tertiary/aromatic N) is 4. The predicted octanol–water partition coefficient (Wildman–Crippen LogP) is 1.89. The van der Waals surface area contributed by atoms with Crippen molar-refractivity contribution in [1.82, 2.24) is 20.0 Å². The monoisotopic (exact) mass is 250 g/mol. The number of hydrogen-bond donors (Lipinski definition) is 0. The summed E-state index contributed by atoms with van der Waals surface area (Å²) in [5, 5.41) is 7.76. The van der Waals surface area contributed by atoms with Crippen molar-refractivity contribution in [3.05, 3.63) is 72.3 Å². The van der Waals surface area contributed by atoms with E-state index in [1.165, 1.54) is 10.9 Å². The van der Waals surface area contributed by atoms with Gasteiger partial charge < -0.3 is 0 Å². The van der Waals surface area contributed by atoms with E-state index in [2.05, 4.69) is 15.3 Å². The van der Waals surface area contributed by atoms with Gasteiger partial charge in [0.15, 0.2) is 0 Å². The summed E-state index contributed by atoms with van der Waals surface area (Å²) in [6, 6.07) is 14.6. The van der Waals surface area contributed by atoms with Crippen molar-refractivity contribution < 1.29 is 4.79 Å². The summed E-state index contributed by atoms with van der Waals surface area (Å²) >= 11 is 0. The predicted molar refractivity (Wildman–Crippen MR) is 69.0 cm³/mol. The molecular weight excluding hydrogens is 240 g/mol. The summed E-state index contributed by atoms with van der Waals surface area (Å²) in [6.45, 7) is 0. The molecule has 5 nitrogen and oxygen atoms in total. The molecule has 0 aliphatic heterocycles. The molecule has 0 aliphatic rings. The highest BCUT2D eigenvalue weighted by molar-refractivity contribution is 6.06. The molecule has 0 atom stereocenters. The molecule has 2 aromatic heterocycles. The van der Waals surface area contributed by atoms with Gasteiger partial charge in [0.2, 0.25) is 5.78 Å². The highest BCUT2D eigenvalue weighted by atomic mass is 16.1. The third-order valence-electron chi connectivity index (χ3n) is 2.68. The molecule has 3 aromatic rings. The average Bonchev–Trinajstić information content (AvgIpc) is 2.98. The molecule has 3 rings (SSSR count). The highest BCUT2D eigenvalue weighted by Gasteiger charge is 2.17. The van der Waals surface area contributed by atoms with E-state index >= 15 is 0 Å². The van der Waals surface area contributed by atoms with Gasteiger partial charge in [0, 0.05) is 6.20 Å². The average molecular weight is 250 g/mol. The molecule has 0 bridgehead atoms. The van der Waals surface area contributed by atoms with Crippen LogP contribution in [0.5, 0.6) is 0 Å². The molecule has 0 saturated carbocycles. The molecular formula is C14H10N4O. The fourth-order valence-electron chi connectivity index (χ4n) is 1.78. The fraction of sp³-hybridized carbons (Fsp3) is 0. The molecule has 1 aromatic carbocycles. The Hall–Kier alpha value is -2.82. The number of carbonyl (C=O) groups excluding carboxylic acids is 1. The number of aromatic nitrogens is 4. The van der Waals surface area contributed by atoms with Crippen LogP contribution < -0.4 is 0 Å². The first-order valence-electron chi connectivity index (χ1n) is 5.78. The molecule has 0 radical (unpaired) electrons. The van der Waals surface area contributed by atoms with E-state index in [4.69, 9.17) is 0 Å². The summed E-state index contributed by atoms with van der Waals surface area (Å²) in [5.74, 6) is -0.200. The Morgan fingerprint density at radius 1 is 1.00 bits per heavy atom. The Labute approximate surface area is 109 Å². The van der Waals surface area contributed by atoms with Crippen molar-refractivity contribution >= 4 is 5.78 Å². The van der Waals surface area contributed by atoms with Crippen LogP contribution in [-0.2, 0) is 0 Å². The molecule has 2 heterocycles. The summed E-state index contributed by atoms with van der Waals surface area (Å²) < 4.78 is 1.51. The number of ketones is 1. The van der Waals surface area contributed by atoms with Crippen molar-refractivity contribution in [2.75, 3.05) is 0 Å². The molecule has 0 aliphatic carbocycles. The van der Waals surface area contributed by atoms with Crippen molar-refractivity contribution in [2.24, 2.45) is 0 Å². The van der Waals surface area contributed by atoms with Gasteiger partial charge in [0.25, 0.3) is 0 Å². The second-order valence-electron chi connectivity index (χ2n) is 3.91. The number of hydrogen-bond acceptors (Lipinski definition) is 4. The lowest BCUT2D eigenvalue weighted by Gasteiger charge is -2.04. The minimum Gasteiger partial charge on any atom is -0.285 e. The summed E-state index contributed by atoms with van der Waals surface area (Å²) in [6.07, 6.45) is 3.04. The van der Waals surface area contributed by atoms with Crippen LogP contribution in [0.15, 0.2) is 60.9 Å². The standard InChI is InChI=1S/C14H10N4O/c19-14(12-8-4-5-9-15-12)13-10-16-17-18(13)11-6-2-1-3-7-11/h1-10H. The normalized spacial score (nSPS) is 10.3. The first kappa shape index (κ1) is 11.3. The zero-order chi connectivity index (χ0) is 13.1. The Morgan fingerprint density at radius 3 is 2.53 bits per heavy atom. The van der Waals surface area contributed by atoms with Gasteiger partial charge in [-0.1, -0.05) is 29.5 Å². The van der Waals surface area contributed by atoms with Gasteiger partial charge in [0.1, 0.15) is 11.4 Å². The smallest absolute Gasteiger partial charge is 0.231 e. The number of benzene rings is 1. The molecule has 0 unspecified atom stereocenters.